The minimum atomic E-state index is -2.42. The van der Waals surface area contributed by atoms with E-state index in [1.807, 2.05) is 0 Å². The van der Waals surface area contributed by atoms with E-state index >= 15 is 0 Å². The van der Waals surface area contributed by atoms with Crippen LogP contribution in [0.5, 0.6) is 0 Å². The van der Waals surface area contributed by atoms with E-state index < -0.39 is 20.0 Å². The van der Waals surface area contributed by atoms with E-state index in [0.29, 0.717) is 4.67 Å². The van der Waals surface area contributed by atoms with Crippen molar-refractivity contribution >= 4 is 20.0 Å². The first-order chi connectivity index (χ1) is 6.02. The van der Waals surface area contributed by atoms with Gasteiger partial charge in [-0.25, -0.2) is 4.52 Å². The molecule has 0 aromatic heterocycles. The summed E-state index contributed by atoms with van der Waals surface area (Å²) in [4.78, 5) is 22.0. The monoisotopic (exact) mass is 202 g/mol. The Morgan fingerprint density at radius 1 is 1.46 bits per heavy atom. The molecule has 1 aliphatic rings. The molecule has 1 unspecified atom stereocenters. The van der Waals surface area contributed by atoms with Crippen molar-refractivity contribution in [1.29, 1.82) is 0 Å². The highest BCUT2D eigenvalue weighted by molar-refractivity contribution is 7.38. The Morgan fingerprint density at radius 3 is 2.31 bits per heavy atom. The van der Waals surface area contributed by atoms with Crippen LogP contribution in [0.4, 0.5) is 0 Å². The molecule has 0 bridgehead atoms. The number of hydrogen-bond donors (Lipinski definition) is 0. The molecule has 5 nitrogen and oxygen atoms in total. The summed E-state index contributed by atoms with van der Waals surface area (Å²) in [5, 5.41) is 0. The fourth-order valence-electron chi connectivity index (χ4n) is 0.921. The van der Waals surface area contributed by atoms with E-state index in [4.69, 9.17) is 0 Å². The Balaban J connectivity index is 2.70. The van der Waals surface area contributed by atoms with Gasteiger partial charge in [0.05, 0.1) is 0 Å². The first kappa shape index (κ1) is 9.86. The average molecular weight is 202 g/mol. The summed E-state index contributed by atoms with van der Waals surface area (Å²) in [6.45, 7) is 4.86. The van der Waals surface area contributed by atoms with Gasteiger partial charge in [0.15, 0.2) is 5.76 Å². The summed E-state index contributed by atoms with van der Waals surface area (Å²) in [5.74, 6) is -0.687. The van der Waals surface area contributed by atoms with Crippen molar-refractivity contribution < 1.29 is 18.7 Å². The fraction of sp³-hybridized carbons (Fsp3) is 0.429. The second kappa shape index (κ2) is 3.66. The third kappa shape index (κ3) is 2.12. The summed E-state index contributed by atoms with van der Waals surface area (Å²) in [6.07, 6.45) is 0.221. The van der Waals surface area contributed by atoms with Gasteiger partial charge in [-0.2, -0.15) is 0 Å². The average Bonchev–Trinajstić information content (AvgIpc) is 2.29. The predicted molar refractivity (Wildman–Crippen MR) is 44.6 cm³/mol. The molecule has 1 heterocycles. The van der Waals surface area contributed by atoms with Crippen LogP contribution in [0, 0.1) is 0 Å². The molecule has 0 aromatic rings. The Morgan fingerprint density at radius 2 is 1.92 bits per heavy atom. The second-order valence-corrected chi connectivity index (χ2v) is 3.69. The minimum absolute atomic E-state index is 0.111. The summed E-state index contributed by atoms with van der Waals surface area (Å²) >= 11 is 0. The molecular formula is C7H9NO4P+. The van der Waals surface area contributed by atoms with Gasteiger partial charge in [0, 0.05) is 17.4 Å². The standard InChI is InChI=1S/C7H9NO4P/c1-5(2)12-13(11)8-6(9)3-4-7(8)10/h1,3-4H2,2H3/q+1. The maximum absolute atomic E-state index is 11.2. The van der Waals surface area contributed by atoms with E-state index in [1.54, 1.807) is 0 Å². The third-order valence-electron chi connectivity index (χ3n) is 1.42. The van der Waals surface area contributed by atoms with Crippen LogP contribution in [-0.4, -0.2) is 16.5 Å². The number of carbonyl (C=O) groups is 2. The first-order valence-electron chi connectivity index (χ1n) is 3.69. The fourth-order valence-corrected chi connectivity index (χ4v) is 1.83. The number of amides is 2. The van der Waals surface area contributed by atoms with Crippen molar-refractivity contribution in [2.75, 3.05) is 0 Å². The van der Waals surface area contributed by atoms with Crippen LogP contribution in [0.25, 0.3) is 0 Å². The lowest BCUT2D eigenvalue weighted by Gasteiger charge is -1.97. The zero-order chi connectivity index (χ0) is 10.0. The van der Waals surface area contributed by atoms with Crippen LogP contribution in [0.3, 0.4) is 0 Å². The summed E-state index contributed by atoms with van der Waals surface area (Å²) in [5.41, 5.74) is 0. The van der Waals surface area contributed by atoms with E-state index in [-0.39, 0.29) is 18.6 Å². The smallest absolute Gasteiger partial charge is 0.270 e. The van der Waals surface area contributed by atoms with Crippen molar-refractivity contribution in [2.24, 2.45) is 0 Å². The van der Waals surface area contributed by atoms with Crippen LogP contribution in [0.2, 0.25) is 0 Å². The van der Waals surface area contributed by atoms with Crippen LogP contribution >= 0.6 is 8.18 Å². The summed E-state index contributed by atoms with van der Waals surface area (Å²) in [7, 11) is -2.42. The lowest BCUT2D eigenvalue weighted by atomic mass is 10.4. The van der Waals surface area contributed by atoms with Crippen molar-refractivity contribution in [3.63, 3.8) is 0 Å². The van der Waals surface area contributed by atoms with Crippen molar-refractivity contribution in [2.45, 2.75) is 19.8 Å². The zero-order valence-corrected chi connectivity index (χ0v) is 8.04. The van der Waals surface area contributed by atoms with Gasteiger partial charge in [-0.05, 0) is 11.6 Å². The summed E-state index contributed by atoms with van der Waals surface area (Å²) < 4.78 is 16.6. The molecule has 1 rings (SSSR count). The van der Waals surface area contributed by atoms with Crippen LogP contribution in [0.15, 0.2) is 12.3 Å². The summed E-state index contributed by atoms with van der Waals surface area (Å²) in [6, 6.07) is 0. The van der Waals surface area contributed by atoms with Crippen molar-refractivity contribution in [3.05, 3.63) is 12.3 Å². The van der Waals surface area contributed by atoms with Crippen molar-refractivity contribution in [1.82, 2.24) is 4.67 Å². The molecule has 0 aliphatic carbocycles. The van der Waals surface area contributed by atoms with Gasteiger partial charge in [-0.1, -0.05) is 6.58 Å². The number of nitrogens with zero attached hydrogens (tertiary/aromatic N) is 1. The molecule has 0 spiro atoms. The molecule has 1 aliphatic heterocycles. The molecule has 0 radical (unpaired) electrons. The minimum Gasteiger partial charge on any atom is -0.270 e. The highest BCUT2D eigenvalue weighted by Gasteiger charge is 2.46. The lowest BCUT2D eigenvalue weighted by molar-refractivity contribution is -0.132. The predicted octanol–water partition coefficient (Wildman–Crippen LogP) is 1.34. The molecule has 2 amide bonds. The molecule has 0 N–H and O–H groups in total. The van der Waals surface area contributed by atoms with Crippen LogP contribution in [0.1, 0.15) is 19.8 Å². The van der Waals surface area contributed by atoms with Gasteiger partial charge in [0.25, 0.3) is 11.8 Å². The molecule has 6 heteroatoms. The Hall–Kier alpha value is -1.22. The molecule has 1 saturated heterocycles. The number of imide groups is 1. The molecule has 70 valence electrons. The van der Waals surface area contributed by atoms with E-state index in [1.165, 1.54) is 6.92 Å². The SMILES string of the molecule is C=C(C)O[P+](=O)N1C(=O)CCC1=O. The van der Waals surface area contributed by atoms with Gasteiger partial charge in [-0.15, -0.1) is 0 Å². The van der Waals surface area contributed by atoms with Gasteiger partial charge in [0.1, 0.15) is 0 Å². The highest BCUT2D eigenvalue weighted by atomic mass is 31.1. The first-order valence-corrected chi connectivity index (χ1v) is 4.82. The van der Waals surface area contributed by atoms with E-state index in [9.17, 15) is 14.2 Å². The van der Waals surface area contributed by atoms with Gasteiger partial charge in [0.2, 0.25) is 0 Å². The Labute approximate surface area is 76.3 Å². The largest absolute Gasteiger partial charge is 0.707 e. The van der Waals surface area contributed by atoms with Crippen LogP contribution in [-0.2, 0) is 18.7 Å². The topological polar surface area (TPSA) is 63.7 Å². The highest BCUT2D eigenvalue weighted by Crippen LogP contribution is 2.35. The quantitative estimate of drug-likeness (QED) is 0.393. The number of rotatable bonds is 3. The lowest BCUT2D eigenvalue weighted by Crippen LogP contribution is -2.21. The van der Waals surface area contributed by atoms with Gasteiger partial charge < -0.3 is 0 Å². The maximum Gasteiger partial charge on any atom is 0.707 e. The van der Waals surface area contributed by atoms with Gasteiger partial charge >= 0.3 is 8.18 Å². The maximum atomic E-state index is 11.2. The molecule has 0 saturated carbocycles. The normalized spacial score (nSPS) is 17.6. The zero-order valence-electron chi connectivity index (χ0n) is 7.15. The molecule has 1 atom stereocenters. The van der Waals surface area contributed by atoms with Crippen LogP contribution < -0.4 is 0 Å². The molecule has 1 fully saturated rings. The number of carbonyl (C=O) groups excluding carboxylic acids is 2. The number of allylic oxidation sites excluding steroid dienone is 1. The van der Waals surface area contributed by atoms with Crippen molar-refractivity contribution in [3.8, 4) is 0 Å². The van der Waals surface area contributed by atoms with E-state index in [0.717, 1.165) is 0 Å². The van der Waals surface area contributed by atoms with Gasteiger partial charge in [-0.3, -0.25) is 9.59 Å². The third-order valence-corrected chi connectivity index (χ3v) is 2.66. The molecular weight excluding hydrogens is 193 g/mol. The second-order valence-electron chi connectivity index (χ2n) is 2.63. The Kier molecular flexibility index (Phi) is 2.78. The number of hydrogen-bond acceptors (Lipinski definition) is 4. The van der Waals surface area contributed by atoms with E-state index in [2.05, 4.69) is 11.1 Å². The molecule has 13 heavy (non-hydrogen) atoms. The molecule has 0 aromatic carbocycles. The Bertz CT molecular complexity index is 283.